The molecule has 3 rings (SSSR count). The molecule has 2 fully saturated rings. The molecule has 2 aliphatic heterocycles. The topological polar surface area (TPSA) is 32.3 Å². The van der Waals surface area contributed by atoms with E-state index in [0.717, 1.165) is 38.0 Å². The van der Waals surface area contributed by atoms with Crippen molar-refractivity contribution in [2.24, 2.45) is 5.92 Å². The molecule has 0 spiro atoms. The zero-order valence-electron chi connectivity index (χ0n) is 11.6. The SMILES string of the molecule is CCc1ccccc1C(=O)N1CCCC2CNCC21. The molecule has 1 amide bonds. The van der Waals surface area contributed by atoms with E-state index in [0.29, 0.717) is 12.0 Å². The Morgan fingerprint density at radius 3 is 3.05 bits per heavy atom. The first kappa shape index (κ1) is 12.7. The highest BCUT2D eigenvalue weighted by atomic mass is 16.2. The average Bonchev–Trinajstić information content (AvgIpc) is 2.94. The van der Waals surface area contributed by atoms with Crippen molar-refractivity contribution in [3.8, 4) is 0 Å². The number of carbonyl (C=O) groups is 1. The summed E-state index contributed by atoms with van der Waals surface area (Å²) in [5.41, 5.74) is 2.07. The van der Waals surface area contributed by atoms with Crippen LogP contribution in [0.4, 0.5) is 0 Å². The van der Waals surface area contributed by atoms with Gasteiger partial charge in [-0.2, -0.15) is 0 Å². The molecule has 2 saturated heterocycles. The Bertz CT molecular complexity index is 472. The number of fused-ring (bicyclic) bond motifs is 1. The van der Waals surface area contributed by atoms with Crippen molar-refractivity contribution >= 4 is 5.91 Å². The van der Waals surface area contributed by atoms with Gasteiger partial charge in [-0.3, -0.25) is 4.79 Å². The molecular weight excluding hydrogens is 236 g/mol. The summed E-state index contributed by atoms with van der Waals surface area (Å²) in [6, 6.07) is 8.45. The predicted molar refractivity (Wildman–Crippen MR) is 76.2 cm³/mol. The molecule has 0 bridgehead atoms. The molecule has 1 aromatic carbocycles. The summed E-state index contributed by atoms with van der Waals surface area (Å²) in [5.74, 6) is 0.891. The van der Waals surface area contributed by atoms with Crippen LogP contribution in [0, 0.1) is 5.92 Å². The molecule has 0 saturated carbocycles. The largest absolute Gasteiger partial charge is 0.334 e. The minimum atomic E-state index is 0.232. The molecule has 2 aliphatic rings. The van der Waals surface area contributed by atoms with Crippen molar-refractivity contribution in [3.05, 3.63) is 35.4 Å². The second-order valence-electron chi connectivity index (χ2n) is 5.64. The van der Waals surface area contributed by atoms with Crippen molar-refractivity contribution in [1.29, 1.82) is 0 Å². The van der Waals surface area contributed by atoms with Crippen molar-refractivity contribution in [3.63, 3.8) is 0 Å². The molecule has 19 heavy (non-hydrogen) atoms. The molecule has 3 heteroatoms. The Kier molecular flexibility index (Phi) is 3.56. The van der Waals surface area contributed by atoms with Gasteiger partial charge in [0.05, 0.1) is 0 Å². The van der Waals surface area contributed by atoms with Gasteiger partial charge in [0.15, 0.2) is 0 Å². The van der Waals surface area contributed by atoms with Gasteiger partial charge < -0.3 is 10.2 Å². The van der Waals surface area contributed by atoms with Gasteiger partial charge >= 0.3 is 0 Å². The van der Waals surface area contributed by atoms with Crippen LogP contribution in [0.15, 0.2) is 24.3 Å². The van der Waals surface area contributed by atoms with Crippen molar-refractivity contribution in [2.45, 2.75) is 32.2 Å². The number of piperidine rings is 1. The third-order valence-corrected chi connectivity index (χ3v) is 4.57. The van der Waals surface area contributed by atoms with Gasteiger partial charge in [0.2, 0.25) is 0 Å². The normalized spacial score (nSPS) is 26.3. The Morgan fingerprint density at radius 2 is 2.21 bits per heavy atom. The summed E-state index contributed by atoms with van der Waals surface area (Å²) in [6.45, 7) is 5.07. The number of nitrogens with zero attached hydrogens (tertiary/aromatic N) is 1. The highest BCUT2D eigenvalue weighted by molar-refractivity contribution is 5.96. The number of nitrogens with one attached hydrogen (secondary N) is 1. The maximum Gasteiger partial charge on any atom is 0.254 e. The molecule has 0 aliphatic carbocycles. The standard InChI is InChI=1S/C16H22N2O/c1-2-12-6-3-4-8-14(12)16(19)18-9-5-7-13-10-17-11-15(13)18/h3-4,6,8,13,15,17H,2,5,7,9-11H2,1H3. The maximum atomic E-state index is 12.8. The Balaban J connectivity index is 1.86. The Labute approximate surface area is 115 Å². The van der Waals surface area contributed by atoms with Crippen molar-refractivity contribution in [2.75, 3.05) is 19.6 Å². The van der Waals surface area contributed by atoms with Gasteiger partial charge in [0, 0.05) is 31.2 Å². The van der Waals surface area contributed by atoms with Crippen LogP contribution >= 0.6 is 0 Å². The molecule has 0 aromatic heterocycles. The third-order valence-electron chi connectivity index (χ3n) is 4.57. The maximum absolute atomic E-state index is 12.8. The van der Waals surface area contributed by atoms with E-state index in [-0.39, 0.29) is 5.91 Å². The fourth-order valence-corrected chi connectivity index (χ4v) is 3.51. The van der Waals surface area contributed by atoms with Crippen LogP contribution in [-0.4, -0.2) is 36.5 Å². The summed E-state index contributed by atoms with van der Waals surface area (Å²) < 4.78 is 0. The monoisotopic (exact) mass is 258 g/mol. The number of benzene rings is 1. The van der Waals surface area contributed by atoms with Crippen LogP contribution in [0.5, 0.6) is 0 Å². The van der Waals surface area contributed by atoms with Crippen LogP contribution in [0.2, 0.25) is 0 Å². The lowest BCUT2D eigenvalue weighted by Gasteiger charge is -2.37. The molecule has 1 N–H and O–H groups in total. The smallest absolute Gasteiger partial charge is 0.254 e. The summed E-state index contributed by atoms with van der Waals surface area (Å²) in [7, 11) is 0. The lowest BCUT2D eigenvalue weighted by molar-refractivity contribution is 0.0573. The van der Waals surface area contributed by atoms with E-state index in [1.165, 1.54) is 12.0 Å². The molecule has 2 heterocycles. The summed E-state index contributed by atoms with van der Waals surface area (Å²) >= 11 is 0. The number of hydrogen-bond donors (Lipinski definition) is 1. The zero-order valence-corrected chi connectivity index (χ0v) is 11.6. The van der Waals surface area contributed by atoms with Gasteiger partial charge in [-0.05, 0) is 36.8 Å². The second kappa shape index (κ2) is 5.33. The minimum Gasteiger partial charge on any atom is -0.334 e. The zero-order chi connectivity index (χ0) is 13.2. The van der Waals surface area contributed by atoms with E-state index >= 15 is 0 Å². The van der Waals surface area contributed by atoms with Crippen LogP contribution in [-0.2, 0) is 6.42 Å². The van der Waals surface area contributed by atoms with E-state index in [9.17, 15) is 4.79 Å². The Hall–Kier alpha value is -1.35. The van der Waals surface area contributed by atoms with Crippen LogP contribution in [0.1, 0.15) is 35.7 Å². The van der Waals surface area contributed by atoms with Gasteiger partial charge in [-0.15, -0.1) is 0 Å². The lowest BCUT2D eigenvalue weighted by atomic mass is 9.91. The van der Waals surface area contributed by atoms with Gasteiger partial charge in [0.1, 0.15) is 0 Å². The number of likely N-dealkylation sites (tertiary alicyclic amines) is 1. The van der Waals surface area contributed by atoms with E-state index in [1.54, 1.807) is 0 Å². The first-order chi connectivity index (χ1) is 9.31. The first-order valence-corrected chi connectivity index (χ1v) is 7.41. The van der Waals surface area contributed by atoms with Crippen molar-refractivity contribution in [1.82, 2.24) is 10.2 Å². The molecule has 0 radical (unpaired) electrons. The van der Waals surface area contributed by atoms with Gasteiger partial charge in [-0.25, -0.2) is 0 Å². The van der Waals surface area contributed by atoms with E-state index in [1.807, 2.05) is 18.2 Å². The summed E-state index contributed by atoms with van der Waals surface area (Å²) in [4.78, 5) is 14.9. The quantitative estimate of drug-likeness (QED) is 0.881. The van der Waals surface area contributed by atoms with E-state index < -0.39 is 0 Å². The number of aryl methyl sites for hydroxylation is 1. The summed E-state index contributed by atoms with van der Waals surface area (Å²) in [6.07, 6.45) is 3.32. The van der Waals surface area contributed by atoms with Crippen LogP contribution in [0.3, 0.4) is 0 Å². The average molecular weight is 258 g/mol. The second-order valence-corrected chi connectivity index (χ2v) is 5.64. The van der Waals surface area contributed by atoms with Crippen molar-refractivity contribution < 1.29 is 4.79 Å². The molecule has 1 aromatic rings. The molecule has 102 valence electrons. The predicted octanol–water partition coefficient (Wildman–Crippen LogP) is 2.07. The summed E-state index contributed by atoms with van der Waals surface area (Å²) in [5, 5.41) is 3.44. The number of rotatable bonds is 2. The highest BCUT2D eigenvalue weighted by Crippen LogP contribution is 2.28. The number of hydrogen-bond acceptors (Lipinski definition) is 2. The fraction of sp³-hybridized carbons (Fsp3) is 0.562. The third kappa shape index (κ3) is 2.27. The van der Waals surface area contributed by atoms with Crippen LogP contribution < -0.4 is 5.32 Å². The first-order valence-electron chi connectivity index (χ1n) is 7.41. The highest BCUT2D eigenvalue weighted by Gasteiger charge is 2.37. The molecule has 2 atom stereocenters. The molecule has 2 unspecified atom stereocenters. The fourth-order valence-electron chi connectivity index (χ4n) is 3.51. The van der Waals surface area contributed by atoms with E-state index in [4.69, 9.17) is 0 Å². The minimum absolute atomic E-state index is 0.232. The van der Waals surface area contributed by atoms with E-state index in [2.05, 4.69) is 23.2 Å². The number of carbonyl (C=O) groups excluding carboxylic acids is 1. The van der Waals surface area contributed by atoms with Crippen LogP contribution in [0.25, 0.3) is 0 Å². The Morgan fingerprint density at radius 1 is 1.37 bits per heavy atom. The van der Waals surface area contributed by atoms with Gasteiger partial charge in [0.25, 0.3) is 5.91 Å². The molecule has 3 nitrogen and oxygen atoms in total. The lowest BCUT2D eigenvalue weighted by Crippen LogP contribution is -2.48. The molecular formula is C16H22N2O. The van der Waals surface area contributed by atoms with Gasteiger partial charge in [-0.1, -0.05) is 25.1 Å². The number of amides is 1.